The number of carbonyl (C=O) groups is 2. The molecule has 0 bridgehead atoms. The summed E-state index contributed by atoms with van der Waals surface area (Å²) in [6.07, 6.45) is -0.0513. The van der Waals surface area contributed by atoms with Crippen LogP contribution in [0.4, 0.5) is 11.4 Å². The monoisotopic (exact) mass is 453 g/mol. The molecule has 2 aliphatic rings. The van der Waals surface area contributed by atoms with Gasteiger partial charge in [0, 0.05) is 0 Å². The number of nitrogens with zero attached hydrogens (tertiary/aromatic N) is 3. The van der Waals surface area contributed by atoms with Gasteiger partial charge in [0.2, 0.25) is 5.91 Å². The summed E-state index contributed by atoms with van der Waals surface area (Å²) in [5.74, 6) is -0.747. The number of hydrogen-bond acceptors (Lipinski definition) is 6. The van der Waals surface area contributed by atoms with Crippen molar-refractivity contribution in [1.82, 2.24) is 0 Å². The average Bonchev–Trinajstić information content (AvgIpc) is 3.39. The normalized spacial score (nSPS) is 21.5. The molecular formula is C27H23N3O4. The molecule has 34 heavy (non-hydrogen) atoms. The van der Waals surface area contributed by atoms with Crippen LogP contribution in [0.15, 0.2) is 78.9 Å². The molecule has 2 fully saturated rings. The topological polar surface area (TPSA) is 82.9 Å². The number of imide groups is 1. The van der Waals surface area contributed by atoms with Crippen LogP contribution in [0.2, 0.25) is 0 Å². The van der Waals surface area contributed by atoms with Crippen molar-refractivity contribution in [2.24, 2.45) is 5.92 Å². The van der Waals surface area contributed by atoms with Crippen molar-refractivity contribution in [3.8, 4) is 11.8 Å². The number of benzene rings is 3. The molecule has 3 aromatic rings. The first kappa shape index (κ1) is 21.7. The molecule has 0 spiro atoms. The van der Waals surface area contributed by atoms with Crippen molar-refractivity contribution in [3.63, 3.8) is 0 Å². The van der Waals surface area contributed by atoms with E-state index in [4.69, 9.17) is 9.57 Å². The van der Waals surface area contributed by atoms with Crippen LogP contribution in [0.25, 0.3) is 0 Å². The van der Waals surface area contributed by atoms with Gasteiger partial charge in [-0.15, -0.1) is 0 Å². The second-order valence-electron chi connectivity index (χ2n) is 8.25. The number of nitriles is 1. The van der Waals surface area contributed by atoms with E-state index >= 15 is 0 Å². The Morgan fingerprint density at radius 3 is 2.26 bits per heavy atom. The van der Waals surface area contributed by atoms with Crippen molar-refractivity contribution in [2.45, 2.75) is 25.5 Å². The third-order valence-corrected chi connectivity index (χ3v) is 6.08. The van der Waals surface area contributed by atoms with Crippen LogP contribution in [-0.4, -0.2) is 24.5 Å². The first-order valence-electron chi connectivity index (χ1n) is 11.2. The highest BCUT2D eigenvalue weighted by Gasteiger charge is 2.60. The fourth-order valence-electron chi connectivity index (χ4n) is 4.47. The number of hydrogen-bond donors (Lipinski definition) is 0. The highest BCUT2D eigenvalue weighted by Crippen LogP contribution is 2.47. The van der Waals surface area contributed by atoms with Gasteiger partial charge >= 0.3 is 0 Å². The van der Waals surface area contributed by atoms with E-state index in [2.05, 4.69) is 6.07 Å². The van der Waals surface area contributed by atoms with Crippen LogP contribution in [0, 0.1) is 17.2 Å². The van der Waals surface area contributed by atoms with E-state index in [0.29, 0.717) is 23.6 Å². The predicted octanol–water partition coefficient (Wildman–Crippen LogP) is 4.40. The Hall–Kier alpha value is -4.15. The third kappa shape index (κ3) is 3.68. The highest BCUT2D eigenvalue weighted by molar-refractivity contribution is 6.23. The molecule has 170 valence electrons. The third-order valence-electron chi connectivity index (χ3n) is 6.08. The summed E-state index contributed by atoms with van der Waals surface area (Å²) in [6, 6.07) is 25.0. The second kappa shape index (κ2) is 9.00. The SMILES string of the molecule is CCCOc1ccc(N2C(=O)[C@H]3[C@H](ON(c4ccccc4)[C@@H]3c3ccc(C#N)cc3)C2=O)cc1. The molecule has 7 heteroatoms. The molecule has 0 aliphatic carbocycles. The maximum atomic E-state index is 13.7. The summed E-state index contributed by atoms with van der Waals surface area (Å²) < 4.78 is 5.62. The zero-order valence-electron chi connectivity index (χ0n) is 18.6. The molecule has 7 nitrogen and oxygen atoms in total. The van der Waals surface area contributed by atoms with Gasteiger partial charge in [-0.1, -0.05) is 37.3 Å². The molecule has 5 rings (SSSR count). The fourth-order valence-corrected chi connectivity index (χ4v) is 4.47. The predicted molar refractivity (Wildman–Crippen MR) is 126 cm³/mol. The molecule has 2 heterocycles. The van der Waals surface area contributed by atoms with Crippen LogP contribution in [0.1, 0.15) is 30.5 Å². The van der Waals surface area contributed by atoms with Crippen molar-refractivity contribution >= 4 is 23.2 Å². The number of hydroxylamine groups is 1. The van der Waals surface area contributed by atoms with E-state index in [9.17, 15) is 14.9 Å². The van der Waals surface area contributed by atoms with Crippen molar-refractivity contribution < 1.29 is 19.2 Å². The molecule has 2 amide bonds. The Labute approximate surface area is 197 Å². The Kier molecular flexibility index (Phi) is 5.74. The van der Waals surface area contributed by atoms with Gasteiger partial charge in [0.15, 0.2) is 6.10 Å². The minimum absolute atomic E-state index is 0.315. The largest absolute Gasteiger partial charge is 0.494 e. The van der Waals surface area contributed by atoms with Gasteiger partial charge in [-0.2, -0.15) is 5.26 Å². The van der Waals surface area contributed by atoms with Crippen LogP contribution in [0.3, 0.4) is 0 Å². The lowest BCUT2D eigenvalue weighted by molar-refractivity contribution is -0.126. The smallest absolute Gasteiger partial charge is 0.266 e. The van der Waals surface area contributed by atoms with Gasteiger partial charge in [0.1, 0.15) is 11.7 Å². The number of anilines is 2. The van der Waals surface area contributed by atoms with Gasteiger partial charge in [-0.05, 0) is 60.5 Å². The Bertz CT molecular complexity index is 1240. The maximum Gasteiger partial charge on any atom is 0.266 e. The molecule has 2 aliphatic heterocycles. The molecule has 3 aromatic carbocycles. The molecule has 0 saturated carbocycles. The fraction of sp³-hybridized carbons (Fsp3) is 0.222. The van der Waals surface area contributed by atoms with Crippen LogP contribution in [0.5, 0.6) is 5.75 Å². The first-order valence-corrected chi connectivity index (χ1v) is 11.2. The number of fused-ring (bicyclic) bond motifs is 1. The summed E-state index contributed by atoms with van der Waals surface area (Å²) >= 11 is 0. The Morgan fingerprint density at radius 2 is 1.62 bits per heavy atom. The summed E-state index contributed by atoms with van der Waals surface area (Å²) in [5.41, 5.74) is 2.55. The lowest BCUT2D eigenvalue weighted by Crippen LogP contribution is -2.37. The lowest BCUT2D eigenvalue weighted by atomic mass is 9.90. The summed E-state index contributed by atoms with van der Waals surface area (Å²) in [7, 11) is 0. The van der Waals surface area contributed by atoms with E-state index in [-0.39, 0.29) is 5.91 Å². The van der Waals surface area contributed by atoms with E-state index < -0.39 is 24.0 Å². The number of amides is 2. The molecule has 0 radical (unpaired) electrons. The van der Waals surface area contributed by atoms with Crippen LogP contribution >= 0.6 is 0 Å². The highest BCUT2D eigenvalue weighted by atomic mass is 16.7. The van der Waals surface area contributed by atoms with Gasteiger partial charge in [0.25, 0.3) is 5.91 Å². The minimum Gasteiger partial charge on any atom is -0.494 e. The van der Waals surface area contributed by atoms with Crippen molar-refractivity contribution in [1.29, 1.82) is 5.26 Å². The van der Waals surface area contributed by atoms with Crippen LogP contribution in [-0.2, 0) is 14.4 Å². The molecular weight excluding hydrogens is 430 g/mol. The second-order valence-corrected chi connectivity index (χ2v) is 8.25. The zero-order valence-corrected chi connectivity index (χ0v) is 18.6. The maximum absolute atomic E-state index is 13.7. The van der Waals surface area contributed by atoms with E-state index in [1.165, 1.54) is 4.90 Å². The van der Waals surface area contributed by atoms with Crippen molar-refractivity contribution in [3.05, 3.63) is 90.0 Å². The lowest BCUT2D eigenvalue weighted by Gasteiger charge is -2.28. The summed E-state index contributed by atoms with van der Waals surface area (Å²) in [4.78, 5) is 34.4. The van der Waals surface area contributed by atoms with E-state index in [0.717, 1.165) is 17.7 Å². The van der Waals surface area contributed by atoms with E-state index in [1.807, 2.05) is 49.4 Å². The van der Waals surface area contributed by atoms with Gasteiger partial charge in [-0.25, -0.2) is 9.96 Å². The molecule has 0 aromatic heterocycles. The average molecular weight is 453 g/mol. The summed E-state index contributed by atoms with van der Waals surface area (Å²) in [6.45, 7) is 2.62. The first-order chi connectivity index (χ1) is 16.6. The molecule has 0 N–H and O–H groups in total. The quantitative estimate of drug-likeness (QED) is 0.515. The van der Waals surface area contributed by atoms with Gasteiger partial charge in [-0.3, -0.25) is 14.4 Å². The standard InChI is InChI=1S/C27H23N3O4/c1-2-16-33-22-14-12-20(13-15-22)29-26(31)23-24(19-10-8-18(17-28)9-11-19)30(34-25(23)27(29)32)21-6-4-3-5-7-21/h3-15,23-25H,2,16H2,1H3/t23-,24-,25+/m1/s1. The number of para-hydroxylation sites is 1. The summed E-state index contributed by atoms with van der Waals surface area (Å²) in [5, 5.41) is 10.8. The Morgan fingerprint density at radius 1 is 0.912 bits per heavy atom. The minimum atomic E-state index is -0.940. The van der Waals surface area contributed by atoms with Crippen LogP contribution < -0.4 is 14.7 Å². The molecule has 0 unspecified atom stereocenters. The number of rotatable bonds is 6. The Balaban J connectivity index is 1.50. The van der Waals surface area contributed by atoms with Gasteiger partial charge < -0.3 is 4.74 Å². The number of ether oxygens (including phenoxy) is 1. The number of carbonyl (C=O) groups excluding carboxylic acids is 2. The van der Waals surface area contributed by atoms with Crippen molar-refractivity contribution in [2.75, 3.05) is 16.6 Å². The van der Waals surface area contributed by atoms with E-state index in [1.54, 1.807) is 41.5 Å². The molecule has 2 saturated heterocycles. The molecule has 3 atom stereocenters. The van der Waals surface area contributed by atoms with Gasteiger partial charge in [0.05, 0.1) is 35.7 Å². The zero-order chi connectivity index (χ0) is 23.7.